The van der Waals surface area contributed by atoms with Gasteiger partial charge in [-0.25, -0.2) is 0 Å². The summed E-state index contributed by atoms with van der Waals surface area (Å²) in [6.45, 7) is 3.24. The van der Waals surface area contributed by atoms with Gasteiger partial charge in [0.05, 0.1) is 18.3 Å². The summed E-state index contributed by atoms with van der Waals surface area (Å²) in [5.74, 6) is 0.845. The molecule has 3 aromatic rings. The Morgan fingerprint density at radius 1 is 1.19 bits per heavy atom. The molecule has 0 fully saturated rings. The van der Waals surface area contributed by atoms with E-state index in [0.717, 1.165) is 22.2 Å². The van der Waals surface area contributed by atoms with E-state index in [1.165, 1.54) is 0 Å². The van der Waals surface area contributed by atoms with Crippen LogP contribution in [0.15, 0.2) is 54.7 Å². The van der Waals surface area contributed by atoms with Crippen LogP contribution in [0.5, 0.6) is 5.75 Å². The maximum Gasteiger partial charge on any atom is 0.121 e. The van der Waals surface area contributed by atoms with Gasteiger partial charge < -0.3 is 10.5 Å². The van der Waals surface area contributed by atoms with Crippen LogP contribution in [0.25, 0.3) is 10.9 Å². The molecule has 0 saturated heterocycles. The number of aromatic nitrogens is 2. The molecule has 2 N–H and O–H groups in total. The van der Waals surface area contributed by atoms with Crippen LogP contribution in [0.3, 0.4) is 0 Å². The van der Waals surface area contributed by atoms with Gasteiger partial charge in [0.25, 0.3) is 0 Å². The van der Waals surface area contributed by atoms with E-state index in [-0.39, 0.29) is 6.04 Å². The van der Waals surface area contributed by atoms with Crippen molar-refractivity contribution in [2.24, 2.45) is 5.73 Å². The number of benzene rings is 2. The third kappa shape index (κ3) is 3.23. The van der Waals surface area contributed by atoms with E-state index in [0.29, 0.717) is 13.2 Å². The Morgan fingerprint density at radius 3 is 2.76 bits per heavy atom. The van der Waals surface area contributed by atoms with Gasteiger partial charge >= 0.3 is 0 Å². The molecule has 0 radical (unpaired) electrons. The first kappa shape index (κ1) is 13.6. The van der Waals surface area contributed by atoms with Gasteiger partial charge in [-0.15, -0.1) is 0 Å². The van der Waals surface area contributed by atoms with Gasteiger partial charge in [-0.2, -0.15) is 5.10 Å². The molecule has 0 aliphatic carbocycles. The zero-order valence-corrected chi connectivity index (χ0v) is 12.1. The molecule has 1 aromatic heterocycles. The highest BCUT2D eigenvalue weighted by molar-refractivity contribution is 5.80. The summed E-state index contributed by atoms with van der Waals surface area (Å²) in [5.41, 5.74) is 8.06. The van der Waals surface area contributed by atoms with Gasteiger partial charge in [0.1, 0.15) is 12.4 Å². The van der Waals surface area contributed by atoms with Crippen molar-refractivity contribution in [1.82, 2.24) is 9.78 Å². The van der Waals surface area contributed by atoms with Crippen LogP contribution in [-0.2, 0) is 13.2 Å². The second-order valence-corrected chi connectivity index (χ2v) is 5.30. The van der Waals surface area contributed by atoms with Crippen molar-refractivity contribution in [3.63, 3.8) is 0 Å². The van der Waals surface area contributed by atoms with Gasteiger partial charge in [-0.1, -0.05) is 30.3 Å². The Morgan fingerprint density at radius 2 is 2.00 bits per heavy atom. The molecule has 0 aliphatic heterocycles. The molecule has 21 heavy (non-hydrogen) atoms. The summed E-state index contributed by atoms with van der Waals surface area (Å²) in [6.07, 6.45) is 1.86. The van der Waals surface area contributed by atoms with E-state index in [2.05, 4.69) is 17.2 Å². The molecule has 4 nitrogen and oxygen atoms in total. The molecule has 108 valence electrons. The molecular weight excluding hydrogens is 262 g/mol. The van der Waals surface area contributed by atoms with Crippen LogP contribution in [-0.4, -0.2) is 15.8 Å². The first-order valence-electron chi connectivity index (χ1n) is 7.10. The first-order valence-corrected chi connectivity index (χ1v) is 7.10. The maximum absolute atomic E-state index is 5.86. The number of hydrogen-bond donors (Lipinski definition) is 1. The minimum Gasteiger partial charge on any atom is -0.489 e. The van der Waals surface area contributed by atoms with Crippen molar-refractivity contribution in [3.8, 4) is 5.75 Å². The Labute approximate surface area is 124 Å². The molecule has 4 heteroatoms. The van der Waals surface area contributed by atoms with E-state index in [4.69, 9.17) is 10.5 Å². The molecule has 0 unspecified atom stereocenters. The third-order valence-electron chi connectivity index (χ3n) is 3.33. The minimum absolute atomic E-state index is 0.0713. The van der Waals surface area contributed by atoms with E-state index in [1.807, 2.05) is 54.2 Å². The van der Waals surface area contributed by atoms with Crippen molar-refractivity contribution in [2.75, 3.05) is 0 Å². The van der Waals surface area contributed by atoms with Crippen molar-refractivity contribution in [3.05, 3.63) is 60.3 Å². The lowest BCUT2D eigenvalue weighted by molar-refractivity contribution is 0.306. The predicted molar refractivity (Wildman–Crippen MR) is 84.2 cm³/mol. The molecule has 0 aliphatic rings. The fourth-order valence-corrected chi connectivity index (χ4v) is 2.30. The largest absolute Gasteiger partial charge is 0.489 e. The normalized spacial score (nSPS) is 12.5. The molecule has 0 amide bonds. The predicted octanol–water partition coefficient (Wildman–Crippen LogP) is 2.96. The van der Waals surface area contributed by atoms with Crippen molar-refractivity contribution < 1.29 is 4.74 Å². The van der Waals surface area contributed by atoms with Crippen molar-refractivity contribution >= 4 is 10.9 Å². The number of rotatable bonds is 5. The van der Waals surface area contributed by atoms with E-state index < -0.39 is 0 Å². The Kier molecular flexibility index (Phi) is 3.88. The van der Waals surface area contributed by atoms with E-state index >= 15 is 0 Å². The Balaban J connectivity index is 1.79. The monoisotopic (exact) mass is 281 g/mol. The van der Waals surface area contributed by atoms with Crippen LogP contribution in [0.1, 0.15) is 12.5 Å². The molecule has 0 saturated carbocycles. The lowest BCUT2D eigenvalue weighted by Crippen LogP contribution is -2.22. The van der Waals surface area contributed by atoms with E-state index in [9.17, 15) is 0 Å². The van der Waals surface area contributed by atoms with Gasteiger partial charge in [0, 0.05) is 17.5 Å². The number of ether oxygens (including phenoxy) is 1. The molecule has 0 spiro atoms. The third-order valence-corrected chi connectivity index (χ3v) is 3.33. The smallest absolute Gasteiger partial charge is 0.121 e. The number of fused-ring (bicyclic) bond motifs is 1. The van der Waals surface area contributed by atoms with Gasteiger partial charge in [0.15, 0.2) is 0 Å². The molecule has 1 atom stereocenters. The standard InChI is InChI=1S/C17H19N3O/c1-13(18)11-20-17-9-16(8-7-15(17)10-19-20)21-12-14-5-3-2-4-6-14/h2-10,13H,11-12,18H2,1H3/t13-/m0/s1. The molecule has 3 rings (SSSR count). The SMILES string of the molecule is C[C@H](N)Cn1ncc2ccc(OCc3ccccc3)cc21. The van der Waals surface area contributed by atoms with Crippen LogP contribution in [0.2, 0.25) is 0 Å². The average Bonchev–Trinajstić information content (AvgIpc) is 2.88. The molecule has 2 aromatic carbocycles. The lowest BCUT2D eigenvalue weighted by Gasteiger charge is -2.09. The second-order valence-electron chi connectivity index (χ2n) is 5.30. The highest BCUT2D eigenvalue weighted by Gasteiger charge is 2.06. The summed E-state index contributed by atoms with van der Waals surface area (Å²) < 4.78 is 7.78. The summed E-state index contributed by atoms with van der Waals surface area (Å²) in [6, 6.07) is 16.2. The maximum atomic E-state index is 5.86. The van der Waals surface area contributed by atoms with Gasteiger partial charge in [0.2, 0.25) is 0 Å². The average molecular weight is 281 g/mol. The number of nitrogens with zero attached hydrogens (tertiary/aromatic N) is 2. The summed E-state index contributed by atoms with van der Waals surface area (Å²) in [4.78, 5) is 0. The van der Waals surface area contributed by atoms with Gasteiger partial charge in [-0.05, 0) is 24.6 Å². The second kappa shape index (κ2) is 5.97. The number of nitrogens with two attached hydrogens (primary N) is 1. The fourth-order valence-electron chi connectivity index (χ4n) is 2.30. The van der Waals surface area contributed by atoms with E-state index in [1.54, 1.807) is 0 Å². The minimum atomic E-state index is 0.0713. The Bertz CT molecular complexity index is 719. The summed E-state index contributed by atoms with van der Waals surface area (Å²) in [5, 5.41) is 5.48. The van der Waals surface area contributed by atoms with Crippen LogP contribution in [0.4, 0.5) is 0 Å². The van der Waals surface area contributed by atoms with Crippen LogP contribution in [0, 0.1) is 0 Å². The zero-order valence-electron chi connectivity index (χ0n) is 12.1. The summed E-state index contributed by atoms with van der Waals surface area (Å²) >= 11 is 0. The highest BCUT2D eigenvalue weighted by atomic mass is 16.5. The fraction of sp³-hybridized carbons (Fsp3) is 0.235. The Hall–Kier alpha value is -2.33. The number of hydrogen-bond acceptors (Lipinski definition) is 3. The lowest BCUT2D eigenvalue weighted by atomic mass is 10.2. The molecular formula is C17H19N3O. The first-order chi connectivity index (χ1) is 10.2. The quantitative estimate of drug-likeness (QED) is 0.782. The van der Waals surface area contributed by atoms with Crippen LogP contribution >= 0.6 is 0 Å². The topological polar surface area (TPSA) is 53.1 Å². The molecule has 0 bridgehead atoms. The van der Waals surface area contributed by atoms with Gasteiger partial charge in [-0.3, -0.25) is 4.68 Å². The van der Waals surface area contributed by atoms with Crippen LogP contribution < -0.4 is 10.5 Å². The highest BCUT2D eigenvalue weighted by Crippen LogP contribution is 2.21. The van der Waals surface area contributed by atoms with Crippen molar-refractivity contribution in [2.45, 2.75) is 26.1 Å². The van der Waals surface area contributed by atoms with Crippen molar-refractivity contribution in [1.29, 1.82) is 0 Å². The summed E-state index contributed by atoms with van der Waals surface area (Å²) in [7, 11) is 0. The zero-order chi connectivity index (χ0) is 14.7. The molecule has 1 heterocycles.